The molecule has 0 fully saturated rings. The lowest BCUT2D eigenvalue weighted by Gasteiger charge is -2.21. The summed E-state index contributed by atoms with van der Waals surface area (Å²) in [5, 5.41) is 21.8. The predicted octanol–water partition coefficient (Wildman–Crippen LogP) is 2.97. The summed E-state index contributed by atoms with van der Waals surface area (Å²) in [7, 11) is 1.26. The molecule has 2 aromatic rings. The maximum Gasteiger partial charge on any atom is 0.308 e. The van der Waals surface area contributed by atoms with E-state index in [-0.39, 0.29) is 12.8 Å². The number of esters is 1. The molecule has 0 saturated carbocycles. The van der Waals surface area contributed by atoms with Crippen LogP contribution in [0.5, 0.6) is 0 Å². The van der Waals surface area contributed by atoms with Gasteiger partial charge in [-0.05, 0) is 35.2 Å². The molecule has 0 unspecified atom stereocenters. The second kappa shape index (κ2) is 8.47. The van der Waals surface area contributed by atoms with Crippen LogP contribution >= 0.6 is 11.6 Å². The highest BCUT2D eigenvalue weighted by molar-refractivity contribution is 6.21. The van der Waals surface area contributed by atoms with E-state index in [4.69, 9.17) is 11.6 Å². The molecule has 0 bridgehead atoms. The summed E-state index contributed by atoms with van der Waals surface area (Å²) in [4.78, 5) is 11.2. The molecule has 4 nitrogen and oxygen atoms in total. The minimum absolute atomic E-state index is 0.0348. The first-order valence-electron chi connectivity index (χ1n) is 7.96. The Bertz CT molecular complexity index is 701. The molecule has 3 atom stereocenters. The Labute approximate surface area is 147 Å². The van der Waals surface area contributed by atoms with Gasteiger partial charge in [-0.3, -0.25) is 4.79 Å². The van der Waals surface area contributed by atoms with Gasteiger partial charge in [0.15, 0.2) is 0 Å². The fourth-order valence-corrected chi connectivity index (χ4v) is 3.09. The van der Waals surface area contributed by atoms with E-state index < -0.39 is 23.6 Å². The van der Waals surface area contributed by atoms with Crippen molar-refractivity contribution >= 4 is 28.3 Å². The largest absolute Gasteiger partial charge is 0.469 e. The number of carbonyl (C=O) groups excluding carboxylic acids is 1. The van der Waals surface area contributed by atoms with Crippen LogP contribution in [0.2, 0.25) is 0 Å². The van der Waals surface area contributed by atoms with Crippen LogP contribution in [0.15, 0.2) is 36.4 Å². The molecule has 2 aromatic carbocycles. The molecule has 2 N–H and O–H groups in total. The number of aryl methyl sites for hydroxylation is 1. The molecular weight excluding hydrogens is 328 g/mol. The normalized spacial score (nSPS) is 15.0. The molecule has 0 heterocycles. The van der Waals surface area contributed by atoms with Crippen molar-refractivity contribution in [1.29, 1.82) is 0 Å². The van der Waals surface area contributed by atoms with Crippen molar-refractivity contribution in [2.45, 2.75) is 43.8 Å². The molecule has 24 heavy (non-hydrogen) atoms. The Balaban J connectivity index is 2.08. The second-order valence-corrected chi connectivity index (χ2v) is 6.60. The highest BCUT2D eigenvalue weighted by atomic mass is 35.5. The minimum Gasteiger partial charge on any atom is -0.469 e. The van der Waals surface area contributed by atoms with E-state index in [1.165, 1.54) is 7.11 Å². The van der Waals surface area contributed by atoms with Gasteiger partial charge >= 0.3 is 5.97 Å². The van der Waals surface area contributed by atoms with Gasteiger partial charge in [0.05, 0.1) is 31.1 Å². The van der Waals surface area contributed by atoms with E-state index >= 15 is 0 Å². The summed E-state index contributed by atoms with van der Waals surface area (Å²) in [6, 6.07) is 12.1. The van der Waals surface area contributed by atoms with Crippen LogP contribution in [-0.2, 0) is 16.0 Å². The molecule has 0 aliphatic heterocycles. The maximum atomic E-state index is 11.2. The number of hydrogen-bond donors (Lipinski definition) is 2. The van der Waals surface area contributed by atoms with E-state index in [9.17, 15) is 15.0 Å². The lowest BCUT2D eigenvalue weighted by atomic mass is 9.93. The number of fused-ring (bicyclic) bond motifs is 1. The Morgan fingerprint density at radius 3 is 2.62 bits per heavy atom. The number of halogens is 1. The number of ether oxygens (including phenoxy) is 1. The lowest BCUT2D eigenvalue weighted by Crippen LogP contribution is -2.29. The van der Waals surface area contributed by atoms with Crippen molar-refractivity contribution in [2.75, 3.05) is 7.11 Å². The number of hydrogen-bond acceptors (Lipinski definition) is 4. The third kappa shape index (κ3) is 4.69. The first kappa shape index (κ1) is 18.7. The fraction of sp³-hybridized carbons (Fsp3) is 0.421. The number of rotatable bonds is 7. The Morgan fingerprint density at radius 1 is 1.21 bits per heavy atom. The van der Waals surface area contributed by atoms with Gasteiger partial charge in [-0.15, -0.1) is 11.6 Å². The number of aliphatic hydroxyl groups is 2. The number of aliphatic hydroxyl groups excluding tert-OH is 2. The Kier molecular flexibility index (Phi) is 6.60. The van der Waals surface area contributed by atoms with Gasteiger partial charge in [0.2, 0.25) is 0 Å². The molecule has 0 aliphatic carbocycles. The third-order valence-electron chi connectivity index (χ3n) is 4.23. The van der Waals surface area contributed by atoms with E-state index in [1.54, 1.807) is 0 Å². The van der Waals surface area contributed by atoms with Gasteiger partial charge in [0.25, 0.3) is 0 Å². The van der Waals surface area contributed by atoms with Crippen molar-refractivity contribution in [3.63, 3.8) is 0 Å². The van der Waals surface area contributed by atoms with Gasteiger partial charge in [-0.1, -0.05) is 36.4 Å². The fourth-order valence-electron chi connectivity index (χ4n) is 2.83. The average Bonchev–Trinajstić information content (AvgIpc) is 2.56. The predicted molar refractivity (Wildman–Crippen MR) is 95.3 cm³/mol. The van der Waals surface area contributed by atoms with Crippen molar-refractivity contribution in [2.24, 2.45) is 0 Å². The summed E-state index contributed by atoms with van der Waals surface area (Å²) in [5.74, 6) is -0.509. The molecule has 130 valence electrons. The van der Waals surface area contributed by atoms with Crippen molar-refractivity contribution < 1.29 is 19.7 Å². The number of carbonyl (C=O) groups is 1. The topological polar surface area (TPSA) is 66.8 Å². The second-order valence-electron chi connectivity index (χ2n) is 6.04. The van der Waals surface area contributed by atoms with E-state index in [2.05, 4.69) is 10.8 Å². The number of methoxy groups -OCH3 is 1. The van der Waals surface area contributed by atoms with E-state index in [0.717, 1.165) is 21.9 Å². The van der Waals surface area contributed by atoms with Gasteiger partial charge in [-0.2, -0.15) is 0 Å². The summed E-state index contributed by atoms with van der Waals surface area (Å²) in [5.41, 5.74) is 2.20. The SMILES string of the molecule is COC(=O)C[C@@H](O)C[C@@H](O)[C@@H](Cl)Cc1c(C)ccc2ccccc12. The molecule has 0 amide bonds. The summed E-state index contributed by atoms with van der Waals surface area (Å²) in [6.07, 6.45) is -1.51. The smallest absolute Gasteiger partial charge is 0.308 e. The summed E-state index contributed by atoms with van der Waals surface area (Å²) >= 11 is 6.38. The Hall–Kier alpha value is -1.62. The highest BCUT2D eigenvalue weighted by Crippen LogP contribution is 2.26. The van der Waals surface area contributed by atoms with Crippen LogP contribution in [0.25, 0.3) is 10.8 Å². The molecular formula is C19H23ClO4. The van der Waals surface area contributed by atoms with Crippen LogP contribution < -0.4 is 0 Å². The van der Waals surface area contributed by atoms with Gasteiger partial charge < -0.3 is 14.9 Å². The molecule has 2 rings (SSSR count). The first-order valence-corrected chi connectivity index (χ1v) is 8.40. The van der Waals surface area contributed by atoms with Crippen molar-refractivity contribution in [3.8, 4) is 0 Å². The van der Waals surface area contributed by atoms with Gasteiger partial charge in [0, 0.05) is 6.42 Å². The van der Waals surface area contributed by atoms with Crippen LogP contribution in [0.3, 0.4) is 0 Å². The molecule has 0 radical (unpaired) electrons. The zero-order chi connectivity index (χ0) is 17.7. The zero-order valence-electron chi connectivity index (χ0n) is 13.9. The molecule has 0 spiro atoms. The Morgan fingerprint density at radius 2 is 1.92 bits per heavy atom. The highest BCUT2D eigenvalue weighted by Gasteiger charge is 2.23. The average molecular weight is 351 g/mol. The first-order chi connectivity index (χ1) is 11.4. The van der Waals surface area contributed by atoms with E-state index in [0.29, 0.717) is 6.42 Å². The number of alkyl halides is 1. The molecule has 0 aromatic heterocycles. The maximum absolute atomic E-state index is 11.2. The quantitative estimate of drug-likeness (QED) is 0.595. The monoisotopic (exact) mass is 350 g/mol. The van der Waals surface area contributed by atoms with Crippen molar-refractivity contribution in [3.05, 3.63) is 47.5 Å². The minimum atomic E-state index is -0.970. The number of benzene rings is 2. The summed E-state index contributed by atoms with van der Waals surface area (Å²) < 4.78 is 4.51. The van der Waals surface area contributed by atoms with Gasteiger partial charge in [-0.25, -0.2) is 0 Å². The third-order valence-corrected chi connectivity index (χ3v) is 4.68. The van der Waals surface area contributed by atoms with Crippen molar-refractivity contribution in [1.82, 2.24) is 0 Å². The molecule has 0 aliphatic rings. The van der Waals surface area contributed by atoms with Crippen LogP contribution in [0.4, 0.5) is 0 Å². The molecule has 0 saturated heterocycles. The molecule has 5 heteroatoms. The standard InChI is InChI=1S/C19H23ClO4/c1-12-7-8-13-5-3-4-6-15(13)16(12)11-17(20)18(22)9-14(21)10-19(23)24-2/h3-8,14,17-18,21-22H,9-11H2,1-2H3/t14-,17-,18+/m0/s1. The zero-order valence-corrected chi connectivity index (χ0v) is 14.7. The van der Waals surface area contributed by atoms with Crippen LogP contribution in [0.1, 0.15) is 24.0 Å². The summed E-state index contributed by atoms with van der Waals surface area (Å²) in [6.45, 7) is 2.02. The lowest BCUT2D eigenvalue weighted by molar-refractivity contribution is -0.143. The van der Waals surface area contributed by atoms with E-state index in [1.807, 2.05) is 37.3 Å². The van der Waals surface area contributed by atoms with Crippen LogP contribution in [-0.4, -0.2) is 40.9 Å². The van der Waals surface area contributed by atoms with Gasteiger partial charge in [0.1, 0.15) is 0 Å². The van der Waals surface area contributed by atoms with Crippen LogP contribution in [0, 0.1) is 6.92 Å².